The lowest BCUT2D eigenvalue weighted by molar-refractivity contribution is -0.145. The predicted octanol–water partition coefficient (Wildman–Crippen LogP) is 3.91. The van der Waals surface area contributed by atoms with Crippen LogP contribution >= 0.6 is 0 Å². The van der Waals surface area contributed by atoms with E-state index in [4.69, 9.17) is 14.2 Å². The molecule has 2 aromatic carbocycles. The van der Waals surface area contributed by atoms with Gasteiger partial charge in [0, 0.05) is 0 Å². The SMILES string of the molecule is CCOC(=O)CC1CCc2cc(OCc3ccccc3)ccc2O1. The van der Waals surface area contributed by atoms with E-state index >= 15 is 0 Å². The number of carbonyl (C=O) groups is 1. The molecule has 0 aromatic heterocycles. The number of esters is 1. The highest BCUT2D eigenvalue weighted by Crippen LogP contribution is 2.32. The molecule has 3 rings (SSSR count). The van der Waals surface area contributed by atoms with E-state index in [0.717, 1.165) is 35.5 Å². The van der Waals surface area contributed by atoms with E-state index in [1.54, 1.807) is 0 Å². The van der Waals surface area contributed by atoms with Crippen LogP contribution in [0.15, 0.2) is 48.5 Å². The van der Waals surface area contributed by atoms with Gasteiger partial charge in [-0.05, 0) is 49.1 Å². The molecular formula is C20H22O4. The molecule has 24 heavy (non-hydrogen) atoms. The van der Waals surface area contributed by atoms with Crippen molar-refractivity contribution < 1.29 is 19.0 Å². The maximum absolute atomic E-state index is 11.6. The smallest absolute Gasteiger partial charge is 0.309 e. The van der Waals surface area contributed by atoms with Crippen molar-refractivity contribution in [2.45, 2.75) is 38.9 Å². The van der Waals surface area contributed by atoms with Crippen LogP contribution in [0.1, 0.15) is 30.9 Å². The van der Waals surface area contributed by atoms with E-state index in [-0.39, 0.29) is 12.1 Å². The molecule has 1 aliphatic heterocycles. The van der Waals surface area contributed by atoms with Crippen LogP contribution in [0.4, 0.5) is 0 Å². The minimum Gasteiger partial charge on any atom is -0.490 e. The number of fused-ring (bicyclic) bond motifs is 1. The van der Waals surface area contributed by atoms with E-state index in [1.807, 2.05) is 55.5 Å². The Labute approximate surface area is 142 Å². The minimum atomic E-state index is -0.200. The Bertz CT molecular complexity index is 681. The Morgan fingerprint density at radius 2 is 2.04 bits per heavy atom. The van der Waals surface area contributed by atoms with Crippen LogP contribution in [0.2, 0.25) is 0 Å². The molecule has 0 saturated carbocycles. The lowest BCUT2D eigenvalue weighted by Gasteiger charge is -2.26. The van der Waals surface area contributed by atoms with Crippen LogP contribution in [0.5, 0.6) is 11.5 Å². The third-order valence-corrected chi connectivity index (χ3v) is 4.01. The average Bonchev–Trinajstić information content (AvgIpc) is 2.61. The molecular weight excluding hydrogens is 304 g/mol. The molecule has 126 valence electrons. The molecule has 0 fully saturated rings. The van der Waals surface area contributed by atoms with Gasteiger partial charge in [-0.25, -0.2) is 0 Å². The summed E-state index contributed by atoms with van der Waals surface area (Å²) in [7, 11) is 0. The Morgan fingerprint density at radius 3 is 2.83 bits per heavy atom. The lowest BCUT2D eigenvalue weighted by Crippen LogP contribution is -2.26. The Kier molecular flexibility index (Phi) is 5.36. The van der Waals surface area contributed by atoms with E-state index in [2.05, 4.69) is 0 Å². The summed E-state index contributed by atoms with van der Waals surface area (Å²) in [6.45, 7) is 2.77. The standard InChI is InChI=1S/C20H22O4/c1-2-22-20(21)13-18-9-8-16-12-17(10-11-19(16)24-18)23-14-15-6-4-3-5-7-15/h3-7,10-12,18H,2,8-9,13-14H2,1H3. The van der Waals surface area contributed by atoms with Crippen molar-refractivity contribution in [1.29, 1.82) is 0 Å². The van der Waals surface area contributed by atoms with E-state index in [1.165, 1.54) is 0 Å². The fourth-order valence-electron chi connectivity index (χ4n) is 2.80. The van der Waals surface area contributed by atoms with Gasteiger partial charge in [-0.1, -0.05) is 30.3 Å². The Morgan fingerprint density at radius 1 is 1.21 bits per heavy atom. The minimum absolute atomic E-state index is 0.104. The van der Waals surface area contributed by atoms with Crippen LogP contribution in [0.3, 0.4) is 0 Å². The zero-order chi connectivity index (χ0) is 16.8. The largest absolute Gasteiger partial charge is 0.490 e. The molecule has 0 spiro atoms. The summed E-state index contributed by atoms with van der Waals surface area (Å²) >= 11 is 0. The summed E-state index contributed by atoms with van der Waals surface area (Å²) in [6.07, 6.45) is 1.89. The number of carbonyl (C=O) groups excluding carboxylic acids is 1. The van der Waals surface area contributed by atoms with Gasteiger partial charge in [-0.3, -0.25) is 4.79 Å². The highest BCUT2D eigenvalue weighted by Gasteiger charge is 2.23. The lowest BCUT2D eigenvalue weighted by atomic mass is 10.0. The van der Waals surface area contributed by atoms with Crippen LogP contribution in [-0.4, -0.2) is 18.7 Å². The molecule has 1 heterocycles. The fraction of sp³-hybridized carbons (Fsp3) is 0.350. The van der Waals surface area contributed by atoms with Crippen molar-refractivity contribution in [1.82, 2.24) is 0 Å². The second-order valence-electron chi connectivity index (χ2n) is 5.83. The molecule has 0 aliphatic carbocycles. The van der Waals surface area contributed by atoms with E-state index < -0.39 is 0 Å². The van der Waals surface area contributed by atoms with Crippen LogP contribution in [0.25, 0.3) is 0 Å². The van der Waals surface area contributed by atoms with Crippen molar-refractivity contribution in [3.05, 3.63) is 59.7 Å². The summed E-state index contributed by atoms with van der Waals surface area (Å²) in [4.78, 5) is 11.6. The van der Waals surface area contributed by atoms with Crippen molar-refractivity contribution in [3.63, 3.8) is 0 Å². The highest BCUT2D eigenvalue weighted by molar-refractivity contribution is 5.70. The second kappa shape index (κ2) is 7.86. The summed E-state index contributed by atoms with van der Waals surface area (Å²) < 4.78 is 16.7. The van der Waals surface area contributed by atoms with Gasteiger partial charge < -0.3 is 14.2 Å². The number of aryl methyl sites for hydroxylation is 1. The van der Waals surface area contributed by atoms with Crippen LogP contribution in [-0.2, 0) is 22.6 Å². The number of hydrogen-bond acceptors (Lipinski definition) is 4. The number of ether oxygens (including phenoxy) is 3. The van der Waals surface area contributed by atoms with Gasteiger partial charge in [0.15, 0.2) is 0 Å². The van der Waals surface area contributed by atoms with Crippen molar-refractivity contribution in [3.8, 4) is 11.5 Å². The molecule has 0 radical (unpaired) electrons. The first kappa shape index (κ1) is 16.4. The average molecular weight is 326 g/mol. The molecule has 0 amide bonds. The van der Waals surface area contributed by atoms with Gasteiger partial charge in [0.1, 0.15) is 24.2 Å². The number of hydrogen-bond donors (Lipinski definition) is 0. The fourth-order valence-corrected chi connectivity index (χ4v) is 2.80. The summed E-state index contributed by atoms with van der Waals surface area (Å²) in [5, 5.41) is 0. The Balaban J connectivity index is 1.58. The zero-order valence-corrected chi connectivity index (χ0v) is 13.9. The van der Waals surface area contributed by atoms with Crippen molar-refractivity contribution in [2.75, 3.05) is 6.61 Å². The van der Waals surface area contributed by atoms with Gasteiger partial charge in [0.05, 0.1) is 13.0 Å². The second-order valence-corrected chi connectivity index (χ2v) is 5.83. The topological polar surface area (TPSA) is 44.8 Å². The molecule has 4 heteroatoms. The quantitative estimate of drug-likeness (QED) is 0.755. The van der Waals surface area contributed by atoms with Gasteiger partial charge in [-0.15, -0.1) is 0 Å². The van der Waals surface area contributed by atoms with Crippen LogP contribution in [0, 0.1) is 0 Å². The number of benzene rings is 2. The molecule has 4 nitrogen and oxygen atoms in total. The Hall–Kier alpha value is -2.49. The maximum Gasteiger partial charge on any atom is 0.309 e. The summed E-state index contributed by atoms with van der Waals surface area (Å²) in [6, 6.07) is 15.9. The van der Waals surface area contributed by atoms with E-state index in [9.17, 15) is 4.79 Å². The van der Waals surface area contributed by atoms with Gasteiger partial charge in [0.25, 0.3) is 0 Å². The molecule has 2 aromatic rings. The highest BCUT2D eigenvalue weighted by atomic mass is 16.5. The summed E-state index contributed by atoms with van der Waals surface area (Å²) in [5.41, 5.74) is 2.27. The summed E-state index contributed by atoms with van der Waals surface area (Å²) in [5.74, 6) is 1.47. The molecule has 1 aliphatic rings. The molecule has 1 atom stereocenters. The predicted molar refractivity (Wildman–Crippen MR) is 91.2 cm³/mol. The van der Waals surface area contributed by atoms with Crippen molar-refractivity contribution in [2.24, 2.45) is 0 Å². The molecule has 0 bridgehead atoms. The van der Waals surface area contributed by atoms with Crippen LogP contribution < -0.4 is 9.47 Å². The number of rotatable bonds is 6. The third-order valence-electron chi connectivity index (χ3n) is 4.01. The van der Waals surface area contributed by atoms with Gasteiger partial charge >= 0.3 is 5.97 Å². The normalized spacial score (nSPS) is 16.0. The first-order valence-electron chi connectivity index (χ1n) is 8.36. The monoisotopic (exact) mass is 326 g/mol. The third kappa shape index (κ3) is 4.28. The first-order chi connectivity index (χ1) is 11.7. The van der Waals surface area contributed by atoms with Crippen molar-refractivity contribution >= 4 is 5.97 Å². The van der Waals surface area contributed by atoms with E-state index in [0.29, 0.717) is 19.6 Å². The molecule has 0 saturated heterocycles. The maximum atomic E-state index is 11.6. The van der Waals surface area contributed by atoms with Gasteiger partial charge in [0.2, 0.25) is 0 Å². The first-order valence-corrected chi connectivity index (χ1v) is 8.36. The van der Waals surface area contributed by atoms with Gasteiger partial charge in [-0.2, -0.15) is 0 Å². The zero-order valence-electron chi connectivity index (χ0n) is 13.9. The molecule has 1 unspecified atom stereocenters. The molecule has 0 N–H and O–H groups in total.